The van der Waals surface area contributed by atoms with Gasteiger partial charge in [0.1, 0.15) is 5.76 Å². The van der Waals surface area contributed by atoms with E-state index in [0.29, 0.717) is 42.5 Å². The molecule has 1 aliphatic heterocycles. The van der Waals surface area contributed by atoms with Crippen LogP contribution in [0.25, 0.3) is 11.7 Å². The summed E-state index contributed by atoms with van der Waals surface area (Å²) in [6, 6.07) is 3.47. The molecule has 1 fully saturated rings. The molecule has 0 aliphatic carbocycles. The molecule has 1 unspecified atom stereocenters. The number of piperidine rings is 1. The van der Waals surface area contributed by atoms with Crippen LogP contribution in [0.15, 0.2) is 27.2 Å². The molecule has 7 nitrogen and oxygen atoms in total. The lowest BCUT2D eigenvalue weighted by Gasteiger charge is -2.30. The van der Waals surface area contributed by atoms with Crippen LogP contribution in [0.2, 0.25) is 0 Å². The second-order valence-electron chi connectivity index (χ2n) is 5.69. The van der Waals surface area contributed by atoms with Crippen LogP contribution in [0.5, 0.6) is 0 Å². The third-order valence-electron chi connectivity index (χ3n) is 4.07. The van der Waals surface area contributed by atoms with E-state index in [1.807, 2.05) is 0 Å². The molecule has 0 aromatic carbocycles. The minimum atomic E-state index is -0.847. The van der Waals surface area contributed by atoms with E-state index in [9.17, 15) is 9.59 Å². The number of rotatable bonds is 4. The smallest absolute Gasteiger partial charge is 0.308 e. The summed E-state index contributed by atoms with van der Waals surface area (Å²) in [5.41, 5.74) is 0.554. The third-order valence-corrected chi connectivity index (χ3v) is 4.07. The zero-order valence-corrected chi connectivity index (χ0v) is 12.8. The highest BCUT2D eigenvalue weighted by Crippen LogP contribution is 2.23. The minimum Gasteiger partial charge on any atom is -0.481 e. The Kier molecular flexibility index (Phi) is 4.18. The molecule has 2 aromatic rings. The van der Waals surface area contributed by atoms with E-state index < -0.39 is 11.9 Å². The van der Waals surface area contributed by atoms with Crippen molar-refractivity contribution in [1.29, 1.82) is 0 Å². The summed E-state index contributed by atoms with van der Waals surface area (Å²) in [6.45, 7) is 2.60. The Balaban J connectivity index is 1.69. The molecule has 3 rings (SSSR count). The Hall–Kier alpha value is -2.57. The van der Waals surface area contributed by atoms with Gasteiger partial charge in [-0.25, -0.2) is 4.98 Å². The van der Waals surface area contributed by atoms with Gasteiger partial charge in [0, 0.05) is 13.1 Å². The van der Waals surface area contributed by atoms with Crippen LogP contribution in [0.3, 0.4) is 0 Å². The minimum absolute atomic E-state index is 0.0996. The van der Waals surface area contributed by atoms with E-state index in [1.54, 1.807) is 24.0 Å². The molecule has 1 aliphatic rings. The average Bonchev–Trinajstić information content (AvgIpc) is 3.18. The lowest BCUT2D eigenvalue weighted by molar-refractivity contribution is -0.145. The quantitative estimate of drug-likeness (QED) is 0.927. The fraction of sp³-hybridized carbons (Fsp3) is 0.438. The first-order valence-electron chi connectivity index (χ1n) is 7.55. The average molecular weight is 318 g/mol. The van der Waals surface area contributed by atoms with E-state index in [2.05, 4.69) is 4.98 Å². The zero-order chi connectivity index (χ0) is 16.4. The van der Waals surface area contributed by atoms with Crippen LogP contribution in [-0.4, -0.2) is 40.0 Å². The second-order valence-corrected chi connectivity index (χ2v) is 5.69. The number of amides is 1. The first-order chi connectivity index (χ1) is 11.0. The van der Waals surface area contributed by atoms with E-state index in [4.69, 9.17) is 13.9 Å². The van der Waals surface area contributed by atoms with Crippen molar-refractivity contribution in [3.8, 4) is 11.7 Å². The van der Waals surface area contributed by atoms with Gasteiger partial charge < -0.3 is 18.8 Å². The van der Waals surface area contributed by atoms with Crippen LogP contribution in [0.1, 0.15) is 24.3 Å². The van der Waals surface area contributed by atoms with Crippen molar-refractivity contribution in [2.75, 3.05) is 13.1 Å². The molecule has 23 heavy (non-hydrogen) atoms. The second kappa shape index (κ2) is 6.28. The van der Waals surface area contributed by atoms with Gasteiger partial charge in [-0.15, -0.1) is 0 Å². The van der Waals surface area contributed by atoms with E-state index in [-0.39, 0.29) is 18.9 Å². The largest absolute Gasteiger partial charge is 0.481 e. The van der Waals surface area contributed by atoms with Gasteiger partial charge in [0.2, 0.25) is 5.91 Å². The van der Waals surface area contributed by atoms with Crippen molar-refractivity contribution in [1.82, 2.24) is 9.88 Å². The maximum absolute atomic E-state index is 12.4. The summed E-state index contributed by atoms with van der Waals surface area (Å²) < 4.78 is 10.8. The van der Waals surface area contributed by atoms with Gasteiger partial charge in [-0.05, 0) is 31.9 Å². The number of hydrogen-bond donors (Lipinski definition) is 1. The molecular weight excluding hydrogens is 300 g/mol. The number of carboxylic acid groups (broad SMARTS) is 1. The van der Waals surface area contributed by atoms with Crippen molar-refractivity contribution < 1.29 is 23.5 Å². The van der Waals surface area contributed by atoms with E-state index in [0.717, 1.165) is 0 Å². The predicted molar refractivity (Wildman–Crippen MR) is 79.6 cm³/mol. The topological polar surface area (TPSA) is 96.8 Å². The standard InChI is InChI=1S/C16H18N2O5/c1-10-12(17-15(23-10)13-5-3-7-22-13)8-14(19)18-6-2-4-11(9-18)16(20)21/h3,5,7,11H,2,4,6,8-9H2,1H3,(H,20,21). The Morgan fingerprint density at radius 3 is 3.00 bits per heavy atom. The highest BCUT2D eigenvalue weighted by Gasteiger charge is 2.29. The molecule has 0 saturated carbocycles. The fourth-order valence-corrected chi connectivity index (χ4v) is 2.76. The number of aliphatic carboxylic acids is 1. The number of likely N-dealkylation sites (tertiary alicyclic amines) is 1. The Morgan fingerprint density at radius 1 is 1.48 bits per heavy atom. The van der Waals surface area contributed by atoms with Gasteiger partial charge in [-0.1, -0.05) is 0 Å². The Bertz CT molecular complexity index is 704. The summed E-state index contributed by atoms with van der Waals surface area (Å²) in [7, 11) is 0. The van der Waals surface area contributed by atoms with Crippen LogP contribution < -0.4 is 0 Å². The number of nitrogens with zero attached hydrogens (tertiary/aromatic N) is 2. The number of furan rings is 1. The maximum Gasteiger partial charge on any atom is 0.308 e. The van der Waals surface area contributed by atoms with E-state index in [1.165, 1.54) is 6.26 Å². The van der Waals surface area contributed by atoms with Gasteiger partial charge in [0.25, 0.3) is 5.89 Å². The van der Waals surface area contributed by atoms with Crippen molar-refractivity contribution in [2.45, 2.75) is 26.2 Å². The molecule has 0 bridgehead atoms. The molecule has 2 aromatic heterocycles. The maximum atomic E-state index is 12.4. The molecule has 1 N–H and O–H groups in total. The summed E-state index contributed by atoms with van der Waals surface area (Å²) >= 11 is 0. The first-order valence-corrected chi connectivity index (χ1v) is 7.55. The fourth-order valence-electron chi connectivity index (χ4n) is 2.76. The normalized spacial score (nSPS) is 18.1. The number of carbonyl (C=O) groups excluding carboxylic acids is 1. The predicted octanol–water partition coefficient (Wildman–Crippen LogP) is 2.11. The number of carbonyl (C=O) groups is 2. The highest BCUT2D eigenvalue weighted by molar-refractivity contribution is 5.80. The summed E-state index contributed by atoms with van der Waals surface area (Å²) in [6.07, 6.45) is 2.95. The molecule has 1 saturated heterocycles. The molecule has 1 amide bonds. The zero-order valence-electron chi connectivity index (χ0n) is 12.8. The van der Waals surface area contributed by atoms with Crippen molar-refractivity contribution in [2.24, 2.45) is 5.92 Å². The monoisotopic (exact) mass is 318 g/mol. The van der Waals surface area contributed by atoms with Gasteiger partial charge in [-0.3, -0.25) is 9.59 Å². The SMILES string of the molecule is Cc1oc(-c2ccco2)nc1CC(=O)N1CCCC(C(=O)O)C1. The number of hydrogen-bond acceptors (Lipinski definition) is 5. The lowest BCUT2D eigenvalue weighted by atomic mass is 9.98. The van der Waals surface area contributed by atoms with Gasteiger partial charge >= 0.3 is 5.97 Å². The van der Waals surface area contributed by atoms with Crippen LogP contribution >= 0.6 is 0 Å². The first kappa shape index (κ1) is 15.3. The summed E-state index contributed by atoms with van der Waals surface area (Å²) in [5.74, 6) is -0.0343. The number of oxazole rings is 1. The van der Waals surface area contributed by atoms with Crippen molar-refractivity contribution >= 4 is 11.9 Å². The number of aryl methyl sites for hydroxylation is 1. The van der Waals surface area contributed by atoms with Crippen LogP contribution in [0, 0.1) is 12.8 Å². The Morgan fingerprint density at radius 2 is 2.30 bits per heavy atom. The van der Waals surface area contributed by atoms with Crippen molar-refractivity contribution in [3.05, 3.63) is 29.9 Å². The number of carboxylic acids is 1. The van der Waals surface area contributed by atoms with Crippen LogP contribution in [0.4, 0.5) is 0 Å². The third kappa shape index (κ3) is 3.28. The van der Waals surface area contributed by atoms with Gasteiger partial charge in [-0.2, -0.15) is 0 Å². The molecule has 1 atom stereocenters. The molecule has 3 heterocycles. The summed E-state index contributed by atoms with van der Waals surface area (Å²) in [4.78, 5) is 29.4. The molecule has 0 radical (unpaired) electrons. The molecule has 122 valence electrons. The van der Waals surface area contributed by atoms with Gasteiger partial charge in [0.05, 0.1) is 24.3 Å². The lowest BCUT2D eigenvalue weighted by Crippen LogP contribution is -2.43. The molecule has 0 spiro atoms. The Labute approximate surface area is 132 Å². The number of aromatic nitrogens is 1. The van der Waals surface area contributed by atoms with Gasteiger partial charge in [0.15, 0.2) is 5.76 Å². The summed E-state index contributed by atoms with van der Waals surface area (Å²) in [5, 5.41) is 9.10. The van der Waals surface area contributed by atoms with Crippen molar-refractivity contribution in [3.63, 3.8) is 0 Å². The van der Waals surface area contributed by atoms with E-state index >= 15 is 0 Å². The molecule has 7 heteroatoms. The highest BCUT2D eigenvalue weighted by atomic mass is 16.4. The van der Waals surface area contributed by atoms with Crippen LogP contribution in [-0.2, 0) is 16.0 Å². The molecular formula is C16H18N2O5.